The van der Waals surface area contributed by atoms with Gasteiger partial charge in [-0.05, 0) is 29.8 Å². The van der Waals surface area contributed by atoms with Crippen molar-refractivity contribution in [2.45, 2.75) is 19.0 Å². The molecule has 2 heterocycles. The van der Waals surface area contributed by atoms with Crippen molar-refractivity contribution in [3.63, 3.8) is 0 Å². The lowest BCUT2D eigenvalue weighted by Crippen LogP contribution is -2.28. The Morgan fingerprint density at radius 3 is 2.68 bits per heavy atom. The van der Waals surface area contributed by atoms with Crippen LogP contribution < -0.4 is 15.4 Å². The minimum atomic E-state index is -0.308. The van der Waals surface area contributed by atoms with Gasteiger partial charge in [-0.2, -0.15) is 0 Å². The molecule has 2 amide bonds. The molecule has 6 nitrogen and oxygen atoms in total. The van der Waals surface area contributed by atoms with E-state index >= 15 is 0 Å². The molecule has 3 aromatic rings. The van der Waals surface area contributed by atoms with Gasteiger partial charge in [-0.25, -0.2) is 4.98 Å². The predicted molar refractivity (Wildman–Crippen MR) is 104 cm³/mol. The number of aromatic nitrogens is 1. The molecule has 0 aliphatic carbocycles. The Hall–Kier alpha value is -3.67. The van der Waals surface area contributed by atoms with E-state index in [0.717, 1.165) is 11.1 Å². The lowest BCUT2D eigenvalue weighted by molar-refractivity contribution is -0.121. The van der Waals surface area contributed by atoms with Crippen LogP contribution in [0.4, 0.5) is 0 Å². The van der Waals surface area contributed by atoms with Crippen molar-refractivity contribution in [3.8, 4) is 11.6 Å². The first kappa shape index (κ1) is 17.7. The average Bonchev–Trinajstić information content (AvgIpc) is 3.04. The van der Waals surface area contributed by atoms with Gasteiger partial charge in [0.15, 0.2) is 0 Å². The van der Waals surface area contributed by atoms with Crippen molar-refractivity contribution in [2.75, 3.05) is 0 Å². The van der Waals surface area contributed by atoms with Crippen molar-refractivity contribution < 1.29 is 14.3 Å². The number of para-hydroxylation sites is 1. The number of hydrogen-bond acceptors (Lipinski definition) is 4. The Kier molecular flexibility index (Phi) is 5.01. The van der Waals surface area contributed by atoms with Crippen LogP contribution in [0.3, 0.4) is 0 Å². The first-order valence-corrected chi connectivity index (χ1v) is 9.04. The molecule has 6 heteroatoms. The molecule has 28 heavy (non-hydrogen) atoms. The van der Waals surface area contributed by atoms with Crippen molar-refractivity contribution in [3.05, 3.63) is 89.6 Å². The fraction of sp³-hybridized carbons (Fsp3) is 0.136. The van der Waals surface area contributed by atoms with Crippen LogP contribution in [0.25, 0.3) is 0 Å². The number of fused-ring (bicyclic) bond motifs is 1. The molecule has 0 radical (unpaired) electrons. The third-order valence-electron chi connectivity index (χ3n) is 4.56. The molecule has 0 saturated heterocycles. The number of pyridine rings is 1. The van der Waals surface area contributed by atoms with Gasteiger partial charge in [0, 0.05) is 23.9 Å². The lowest BCUT2D eigenvalue weighted by Gasteiger charge is -2.13. The average molecular weight is 373 g/mol. The molecular weight excluding hydrogens is 354 g/mol. The summed E-state index contributed by atoms with van der Waals surface area (Å²) in [5, 5.41) is 5.74. The number of carbonyl (C=O) groups excluding carboxylic acids is 2. The second-order valence-electron chi connectivity index (χ2n) is 6.48. The largest absolute Gasteiger partial charge is 0.439 e. The van der Waals surface area contributed by atoms with Crippen LogP contribution in [0.1, 0.15) is 33.9 Å². The smallest absolute Gasteiger partial charge is 0.252 e. The number of nitrogens with one attached hydrogen (secondary N) is 2. The summed E-state index contributed by atoms with van der Waals surface area (Å²) in [5.41, 5.74) is 2.26. The zero-order valence-electron chi connectivity index (χ0n) is 15.1. The van der Waals surface area contributed by atoms with E-state index in [1.165, 1.54) is 0 Å². The van der Waals surface area contributed by atoms with E-state index in [0.29, 0.717) is 17.2 Å². The number of hydrogen-bond donors (Lipinski definition) is 2. The highest BCUT2D eigenvalue weighted by molar-refractivity contribution is 5.99. The lowest BCUT2D eigenvalue weighted by atomic mass is 10.0. The molecule has 140 valence electrons. The number of ether oxygens (including phenoxy) is 1. The van der Waals surface area contributed by atoms with Crippen LogP contribution >= 0.6 is 0 Å². The monoisotopic (exact) mass is 373 g/mol. The van der Waals surface area contributed by atoms with Crippen LogP contribution in [0.15, 0.2) is 72.9 Å². The van der Waals surface area contributed by atoms with Crippen LogP contribution in [0.2, 0.25) is 0 Å². The molecule has 0 unspecified atom stereocenters. The van der Waals surface area contributed by atoms with E-state index in [-0.39, 0.29) is 30.8 Å². The quantitative estimate of drug-likeness (QED) is 0.694. The van der Waals surface area contributed by atoms with Crippen molar-refractivity contribution in [2.24, 2.45) is 0 Å². The molecule has 0 spiro atoms. The summed E-state index contributed by atoms with van der Waals surface area (Å²) in [4.78, 5) is 28.7. The predicted octanol–water partition coefficient (Wildman–Crippen LogP) is 3.36. The summed E-state index contributed by atoms with van der Waals surface area (Å²) >= 11 is 0. The maximum Gasteiger partial charge on any atom is 0.252 e. The Labute approximate surface area is 162 Å². The highest BCUT2D eigenvalue weighted by atomic mass is 16.5. The van der Waals surface area contributed by atoms with Crippen molar-refractivity contribution >= 4 is 11.8 Å². The summed E-state index contributed by atoms with van der Waals surface area (Å²) in [6.45, 7) is 0.289. The van der Waals surface area contributed by atoms with Crippen LogP contribution in [-0.2, 0) is 11.3 Å². The Morgan fingerprint density at radius 1 is 1.04 bits per heavy atom. The van der Waals surface area contributed by atoms with Gasteiger partial charge in [0.1, 0.15) is 5.75 Å². The van der Waals surface area contributed by atoms with Gasteiger partial charge >= 0.3 is 0 Å². The van der Waals surface area contributed by atoms with E-state index in [9.17, 15) is 9.59 Å². The van der Waals surface area contributed by atoms with Gasteiger partial charge in [-0.3, -0.25) is 9.59 Å². The Balaban J connectivity index is 1.39. The molecule has 0 bridgehead atoms. The van der Waals surface area contributed by atoms with E-state index in [1.54, 1.807) is 18.3 Å². The fourth-order valence-corrected chi connectivity index (χ4v) is 3.18. The van der Waals surface area contributed by atoms with Crippen LogP contribution in [-0.4, -0.2) is 16.8 Å². The summed E-state index contributed by atoms with van der Waals surface area (Å²) in [6, 6.07) is 20.0. The highest BCUT2D eigenvalue weighted by Crippen LogP contribution is 2.27. The maximum atomic E-state index is 12.4. The molecule has 4 rings (SSSR count). The van der Waals surface area contributed by atoms with E-state index in [1.807, 2.05) is 54.6 Å². The topological polar surface area (TPSA) is 80.3 Å². The minimum absolute atomic E-state index is 0.140. The van der Waals surface area contributed by atoms with E-state index in [2.05, 4.69) is 15.6 Å². The van der Waals surface area contributed by atoms with Gasteiger partial charge in [-0.15, -0.1) is 0 Å². The van der Waals surface area contributed by atoms with Crippen LogP contribution in [0, 0.1) is 0 Å². The van der Waals surface area contributed by atoms with Gasteiger partial charge in [0.2, 0.25) is 11.8 Å². The van der Waals surface area contributed by atoms with E-state index in [4.69, 9.17) is 4.74 Å². The second-order valence-corrected chi connectivity index (χ2v) is 6.48. The zero-order chi connectivity index (χ0) is 19.3. The summed E-state index contributed by atoms with van der Waals surface area (Å²) < 4.78 is 5.82. The van der Waals surface area contributed by atoms with Crippen LogP contribution in [0.5, 0.6) is 11.6 Å². The number of benzene rings is 2. The highest BCUT2D eigenvalue weighted by Gasteiger charge is 2.29. The molecule has 0 saturated carbocycles. The second kappa shape index (κ2) is 7.92. The SMILES string of the molecule is O=C(C[C@@H]1NC(=O)c2ccccc21)NCc1cccnc1Oc1ccccc1. The zero-order valence-corrected chi connectivity index (χ0v) is 15.1. The Morgan fingerprint density at radius 2 is 1.82 bits per heavy atom. The van der Waals surface area contributed by atoms with Crippen molar-refractivity contribution in [1.29, 1.82) is 0 Å². The maximum absolute atomic E-state index is 12.4. The van der Waals surface area contributed by atoms with Crippen molar-refractivity contribution in [1.82, 2.24) is 15.6 Å². The summed E-state index contributed by atoms with van der Waals surface area (Å²) in [6.07, 6.45) is 1.83. The third kappa shape index (κ3) is 3.86. The third-order valence-corrected chi connectivity index (χ3v) is 4.56. The summed E-state index contributed by atoms with van der Waals surface area (Å²) in [5.74, 6) is 0.836. The fourth-order valence-electron chi connectivity index (χ4n) is 3.18. The van der Waals surface area contributed by atoms with Gasteiger partial charge < -0.3 is 15.4 Å². The van der Waals surface area contributed by atoms with E-state index < -0.39 is 0 Å². The molecule has 2 aromatic carbocycles. The molecule has 1 aliphatic rings. The normalized spacial score (nSPS) is 14.9. The van der Waals surface area contributed by atoms with Gasteiger partial charge in [0.25, 0.3) is 5.91 Å². The first-order chi connectivity index (χ1) is 13.7. The molecule has 0 fully saturated rings. The number of amides is 2. The van der Waals surface area contributed by atoms with Gasteiger partial charge in [0.05, 0.1) is 12.5 Å². The standard InChI is InChI=1S/C22H19N3O3/c26-20(13-19-17-10-4-5-11-18(17)21(27)25-19)24-14-15-7-6-12-23-22(15)28-16-8-2-1-3-9-16/h1-12,19H,13-14H2,(H,24,26)(H,25,27)/t19-/m0/s1. The molecule has 1 atom stereocenters. The molecule has 1 aliphatic heterocycles. The number of nitrogens with zero attached hydrogens (tertiary/aromatic N) is 1. The number of carbonyl (C=O) groups is 2. The number of rotatable bonds is 6. The summed E-state index contributed by atoms with van der Waals surface area (Å²) in [7, 11) is 0. The Bertz CT molecular complexity index is 1000. The van der Waals surface area contributed by atoms with Gasteiger partial charge in [-0.1, -0.05) is 42.5 Å². The molecule has 2 N–H and O–H groups in total. The molecular formula is C22H19N3O3. The minimum Gasteiger partial charge on any atom is -0.439 e. The molecule has 1 aromatic heterocycles. The first-order valence-electron chi connectivity index (χ1n) is 9.04.